The van der Waals surface area contributed by atoms with E-state index >= 15 is 0 Å². The van der Waals surface area contributed by atoms with Gasteiger partial charge in [-0.3, -0.25) is 9.88 Å². The van der Waals surface area contributed by atoms with Crippen molar-refractivity contribution in [1.29, 1.82) is 0 Å². The van der Waals surface area contributed by atoms with E-state index in [0.717, 1.165) is 31.7 Å². The first kappa shape index (κ1) is 20.2. The van der Waals surface area contributed by atoms with Crippen molar-refractivity contribution in [3.63, 3.8) is 0 Å². The second-order valence-corrected chi connectivity index (χ2v) is 6.05. The lowest BCUT2D eigenvalue weighted by atomic mass is 9.93. The average molecular weight is 356 g/mol. The molecule has 23 heavy (non-hydrogen) atoms. The zero-order valence-electron chi connectivity index (χ0n) is 13.9. The minimum atomic E-state index is 0. The number of nitrogens with zero attached hydrogens (tertiary/aromatic N) is 2. The topological polar surface area (TPSA) is 28.2 Å². The number of rotatable bonds is 4. The van der Waals surface area contributed by atoms with Gasteiger partial charge in [0.05, 0.1) is 17.3 Å². The fourth-order valence-corrected chi connectivity index (χ4v) is 3.27. The van der Waals surface area contributed by atoms with Crippen molar-refractivity contribution in [2.75, 3.05) is 26.2 Å². The Morgan fingerprint density at radius 3 is 2.48 bits per heavy atom. The van der Waals surface area contributed by atoms with Crippen molar-refractivity contribution < 1.29 is 0 Å². The van der Waals surface area contributed by atoms with Gasteiger partial charge in [-0.05, 0) is 18.1 Å². The van der Waals surface area contributed by atoms with E-state index in [1.54, 1.807) is 0 Å². The maximum Gasteiger partial charge on any atom is 0.0706 e. The average Bonchev–Trinajstić information content (AvgIpc) is 2.56. The van der Waals surface area contributed by atoms with Crippen LogP contribution >= 0.6 is 24.8 Å². The fraction of sp³-hybridized carbons (Fsp3) is 0.500. The number of para-hydroxylation sites is 1. The predicted octanol–water partition coefficient (Wildman–Crippen LogP) is 4.07. The zero-order chi connectivity index (χ0) is 14.7. The Morgan fingerprint density at radius 2 is 1.78 bits per heavy atom. The lowest BCUT2D eigenvalue weighted by molar-refractivity contribution is 0.125. The normalized spacial score (nSPS) is 17.8. The van der Waals surface area contributed by atoms with Gasteiger partial charge in [0.1, 0.15) is 0 Å². The molecule has 1 aromatic heterocycles. The van der Waals surface area contributed by atoms with Crippen LogP contribution in [0.15, 0.2) is 36.4 Å². The van der Waals surface area contributed by atoms with Gasteiger partial charge in [-0.2, -0.15) is 0 Å². The molecule has 1 fully saturated rings. The third-order valence-electron chi connectivity index (χ3n) is 4.65. The summed E-state index contributed by atoms with van der Waals surface area (Å²) in [4.78, 5) is 7.56. The quantitative estimate of drug-likeness (QED) is 0.895. The van der Waals surface area contributed by atoms with E-state index in [0.29, 0.717) is 12.0 Å². The molecular formula is C18H27Cl2N3. The largest absolute Gasteiger partial charge is 0.314 e. The first-order valence-corrected chi connectivity index (χ1v) is 8.10. The second kappa shape index (κ2) is 9.43. The van der Waals surface area contributed by atoms with Crippen LogP contribution in [0.3, 0.4) is 0 Å². The van der Waals surface area contributed by atoms with Crippen LogP contribution in [0.2, 0.25) is 0 Å². The minimum absolute atomic E-state index is 0. The number of hydrogen-bond donors (Lipinski definition) is 1. The van der Waals surface area contributed by atoms with E-state index in [1.165, 1.54) is 17.5 Å². The Hall–Kier alpha value is -0.870. The zero-order valence-corrected chi connectivity index (χ0v) is 15.5. The lowest BCUT2D eigenvalue weighted by Crippen LogP contribution is -2.46. The summed E-state index contributed by atoms with van der Waals surface area (Å²) < 4.78 is 0. The highest BCUT2D eigenvalue weighted by molar-refractivity contribution is 5.85. The molecule has 2 heterocycles. The van der Waals surface area contributed by atoms with Gasteiger partial charge in [0.25, 0.3) is 0 Å². The second-order valence-electron chi connectivity index (χ2n) is 6.05. The van der Waals surface area contributed by atoms with Gasteiger partial charge in [-0.1, -0.05) is 44.5 Å². The molecule has 0 saturated carbocycles. The number of nitrogens with one attached hydrogen (secondary N) is 1. The van der Waals surface area contributed by atoms with Crippen molar-refractivity contribution in [3.05, 3.63) is 42.1 Å². The maximum atomic E-state index is 4.96. The summed E-state index contributed by atoms with van der Waals surface area (Å²) >= 11 is 0. The molecule has 3 rings (SSSR count). The van der Waals surface area contributed by atoms with Crippen LogP contribution in [0, 0.1) is 5.92 Å². The monoisotopic (exact) mass is 355 g/mol. The van der Waals surface area contributed by atoms with Crippen LogP contribution in [-0.2, 0) is 0 Å². The molecule has 3 nitrogen and oxygen atoms in total. The predicted molar refractivity (Wildman–Crippen MR) is 103 cm³/mol. The number of aromatic nitrogens is 1. The standard InChI is InChI=1S/C18H25N3.2ClH/c1-3-14(2)18(21-12-10-19-11-13-21)17-9-8-15-6-4-5-7-16(15)20-17;;/h4-9,14,18-19H,3,10-13H2,1-2H3;2*1H/t14?,18-;;/m0../s1. The summed E-state index contributed by atoms with van der Waals surface area (Å²) in [5.74, 6) is 0.622. The molecule has 0 radical (unpaired) electrons. The van der Waals surface area contributed by atoms with Crippen LogP contribution in [0.25, 0.3) is 10.9 Å². The van der Waals surface area contributed by atoms with E-state index in [1.807, 2.05) is 0 Å². The number of halogens is 2. The molecular weight excluding hydrogens is 329 g/mol. The molecule has 0 amide bonds. The van der Waals surface area contributed by atoms with E-state index in [9.17, 15) is 0 Å². The van der Waals surface area contributed by atoms with Crippen molar-refractivity contribution in [2.24, 2.45) is 5.92 Å². The summed E-state index contributed by atoms with van der Waals surface area (Å²) in [7, 11) is 0. The van der Waals surface area contributed by atoms with Gasteiger partial charge in [0, 0.05) is 31.6 Å². The van der Waals surface area contributed by atoms with Gasteiger partial charge < -0.3 is 5.32 Å². The van der Waals surface area contributed by atoms with Crippen molar-refractivity contribution in [1.82, 2.24) is 15.2 Å². The Balaban J connectivity index is 0.00000132. The molecule has 1 unspecified atom stereocenters. The number of fused-ring (bicyclic) bond motifs is 1. The summed E-state index contributed by atoms with van der Waals surface area (Å²) in [6.45, 7) is 9.03. The fourth-order valence-electron chi connectivity index (χ4n) is 3.27. The molecule has 0 spiro atoms. The molecule has 1 aliphatic rings. The van der Waals surface area contributed by atoms with Crippen LogP contribution in [0.4, 0.5) is 0 Å². The lowest BCUT2D eigenvalue weighted by Gasteiger charge is -2.37. The Kier molecular flexibility index (Phi) is 8.27. The first-order chi connectivity index (χ1) is 10.3. The number of pyridine rings is 1. The third-order valence-corrected chi connectivity index (χ3v) is 4.65. The summed E-state index contributed by atoms with van der Waals surface area (Å²) in [6, 6.07) is 13.3. The van der Waals surface area contributed by atoms with Gasteiger partial charge in [0.15, 0.2) is 0 Å². The maximum absolute atomic E-state index is 4.96. The Morgan fingerprint density at radius 1 is 1.09 bits per heavy atom. The van der Waals surface area contributed by atoms with E-state index < -0.39 is 0 Å². The smallest absolute Gasteiger partial charge is 0.0706 e. The molecule has 1 N–H and O–H groups in total. The van der Waals surface area contributed by atoms with Crippen molar-refractivity contribution in [3.8, 4) is 0 Å². The Bertz CT molecular complexity index is 600. The van der Waals surface area contributed by atoms with E-state index in [4.69, 9.17) is 4.98 Å². The molecule has 0 bridgehead atoms. The van der Waals surface area contributed by atoms with Gasteiger partial charge in [0.2, 0.25) is 0 Å². The summed E-state index contributed by atoms with van der Waals surface area (Å²) in [5.41, 5.74) is 2.34. The van der Waals surface area contributed by atoms with Crippen molar-refractivity contribution >= 4 is 35.7 Å². The van der Waals surface area contributed by atoms with Crippen LogP contribution < -0.4 is 5.32 Å². The minimum Gasteiger partial charge on any atom is -0.314 e. The van der Waals surface area contributed by atoms with Crippen molar-refractivity contribution in [2.45, 2.75) is 26.3 Å². The number of hydrogen-bond acceptors (Lipinski definition) is 3. The molecule has 2 aromatic rings. The Labute approximate surface area is 151 Å². The van der Waals surface area contributed by atoms with E-state index in [-0.39, 0.29) is 24.8 Å². The number of piperazine rings is 1. The van der Waals surface area contributed by atoms with Gasteiger partial charge in [-0.15, -0.1) is 24.8 Å². The molecule has 1 aromatic carbocycles. The summed E-state index contributed by atoms with van der Waals surface area (Å²) in [6.07, 6.45) is 1.18. The summed E-state index contributed by atoms with van der Waals surface area (Å²) in [5, 5.41) is 4.67. The van der Waals surface area contributed by atoms with Crippen LogP contribution in [-0.4, -0.2) is 36.1 Å². The van der Waals surface area contributed by atoms with Crippen LogP contribution in [0.5, 0.6) is 0 Å². The van der Waals surface area contributed by atoms with Gasteiger partial charge in [-0.25, -0.2) is 0 Å². The highest BCUT2D eigenvalue weighted by Crippen LogP contribution is 2.30. The molecule has 5 heteroatoms. The highest BCUT2D eigenvalue weighted by Gasteiger charge is 2.27. The first-order valence-electron chi connectivity index (χ1n) is 8.10. The van der Waals surface area contributed by atoms with Crippen LogP contribution in [0.1, 0.15) is 32.0 Å². The third kappa shape index (κ3) is 4.57. The highest BCUT2D eigenvalue weighted by atomic mass is 35.5. The molecule has 128 valence electrons. The molecule has 2 atom stereocenters. The van der Waals surface area contributed by atoms with E-state index in [2.05, 4.69) is 60.5 Å². The molecule has 0 aliphatic carbocycles. The number of benzene rings is 1. The molecule has 1 saturated heterocycles. The van der Waals surface area contributed by atoms with Gasteiger partial charge >= 0.3 is 0 Å². The molecule has 1 aliphatic heterocycles. The SMILES string of the molecule is CCC(C)[C@@H](c1ccc2ccccc2n1)N1CCNCC1.Cl.Cl.